The first-order valence-electron chi connectivity index (χ1n) is 12.5. The number of hydrogen-bond donors (Lipinski definition) is 1. The SMILES string of the molecule is O=C(COc1ccccc1-c1ccc2[nH]ncc2c1)N1CCC(CCc2ccc3c(c2)OCO3)CC1. The molecule has 0 radical (unpaired) electrons. The van der Waals surface area contributed by atoms with Crippen LogP contribution >= 0.6 is 0 Å². The Morgan fingerprint density at radius 1 is 1.03 bits per heavy atom. The summed E-state index contributed by atoms with van der Waals surface area (Å²) in [7, 11) is 0. The number of aromatic amines is 1. The number of aromatic nitrogens is 2. The molecule has 36 heavy (non-hydrogen) atoms. The van der Waals surface area contributed by atoms with Crippen LogP contribution in [0.15, 0.2) is 66.9 Å². The fourth-order valence-electron chi connectivity index (χ4n) is 5.11. The number of benzene rings is 3. The van der Waals surface area contributed by atoms with Gasteiger partial charge in [-0.15, -0.1) is 0 Å². The number of carbonyl (C=O) groups is 1. The van der Waals surface area contributed by atoms with E-state index in [9.17, 15) is 4.79 Å². The number of nitrogens with zero attached hydrogens (tertiary/aromatic N) is 2. The van der Waals surface area contributed by atoms with E-state index >= 15 is 0 Å². The van der Waals surface area contributed by atoms with Crippen LogP contribution in [0.1, 0.15) is 24.8 Å². The Hall–Kier alpha value is -4.00. The fourth-order valence-corrected chi connectivity index (χ4v) is 5.11. The van der Waals surface area contributed by atoms with Gasteiger partial charge in [0.25, 0.3) is 5.91 Å². The summed E-state index contributed by atoms with van der Waals surface area (Å²) in [6, 6.07) is 20.2. The molecular formula is C29H29N3O4. The quantitative estimate of drug-likeness (QED) is 0.391. The summed E-state index contributed by atoms with van der Waals surface area (Å²) in [6.45, 7) is 1.92. The maximum atomic E-state index is 12.9. The molecule has 1 N–H and O–H groups in total. The fraction of sp³-hybridized carbons (Fsp3) is 0.310. The van der Waals surface area contributed by atoms with Crippen molar-refractivity contribution in [1.29, 1.82) is 0 Å². The molecule has 0 aliphatic carbocycles. The van der Waals surface area contributed by atoms with E-state index in [0.717, 1.165) is 72.3 Å². The lowest BCUT2D eigenvalue weighted by molar-refractivity contribution is -0.134. The highest BCUT2D eigenvalue weighted by atomic mass is 16.7. The van der Waals surface area contributed by atoms with Gasteiger partial charge in [-0.3, -0.25) is 9.89 Å². The minimum Gasteiger partial charge on any atom is -0.483 e. The van der Waals surface area contributed by atoms with Crippen LogP contribution in [-0.4, -0.2) is 47.5 Å². The largest absolute Gasteiger partial charge is 0.483 e. The summed E-state index contributed by atoms with van der Waals surface area (Å²) in [5.74, 6) is 3.06. The number of piperidine rings is 1. The average molecular weight is 484 g/mol. The molecule has 3 aromatic carbocycles. The van der Waals surface area contributed by atoms with Gasteiger partial charge in [0.2, 0.25) is 6.79 Å². The molecule has 7 nitrogen and oxygen atoms in total. The van der Waals surface area contributed by atoms with Crippen LogP contribution in [0.2, 0.25) is 0 Å². The first-order chi connectivity index (χ1) is 17.7. The zero-order valence-corrected chi connectivity index (χ0v) is 20.1. The van der Waals surface area contributed by atoms with Crippen LogP contribution in [0.3, 0.4) is 0 Å². The lowest BCUT2D eigenvalue weighted by Crippen LogP contribution is -2.41. The summed E-state index contributed by atoms with van der Waals surface area (Å²) >= 11 is 0. The Labute approximate surface area is 210 Å². The van der Waals surface area contributed by atoms with Crippen molar-refractivity contribution in [3.8, 4) is 28.4 Å². The van der Waals surface area contributed by atoms with E-state index in [4.69, 9.17) is 14.2 Å². The molecule has 7 heteroatoms. The normalized spacial score (nSPS) is 15.4. The molecule has 1 amide bonds. The third-order valence-corrected chi connectivity index (χ3v) is 7.23. The second-order valence-electron chi connectivity index (χ2n) is 9.51. The molecule has 6 rings (SSSR count). The van der Waals surface area contributed by atoms with Crippen molar-refractivity contribution in [3.05, 3.63) is 72.4 Å². The Morgan fingerprint density at radius 2 is 1.89 bits per heavy atom. The topological polar surface area (TPSA) is 76.7 Å². The summed E-state index contributed by atoms with van der Waals surface area (Å²) in [5, 5.41) is 8.12. The highest BCUT2D eigenvalue weighted by molar-refractivity contribution is 5.85. The first-order valence-corrected chi connectivity index (χ1v) is 12.5. The van der Waals surface area contributed by atoms with Gasteiger partial charge in [0.05, 0.1) is 11.7 Å². The lowest BCUT2D eigenvalue weighted by Gasteiger charge is -2.32. The second kappa shape index (κ2) is 9.93. The van der Waals surface area contributed by atoms with Gasteiger partial charge in [-0.2, -0.15) is 5.10 Å². The number of ether oxygens (including phenoxy) is 3. The van der Waals surface area contributed by atoms with E-state index < -0.39 is 0 Å². The maximum Gasteiger partial charge on any atom is 0.260 e. The van der Waals surface area contributed by atoms with Crippen molar-refractivity contribution in [3.63, 3.8) is 0 Å². The summed E-state index contributed by atoms with van der Waals surface area (Å²) < 4.78 is 16.9. The highest BCUT2D eigenvalue weighted by Gasteiger charge is 2.23. The number of para-hydroxylation sites is 1. The van der Waals surface area contributed by atoms with Crippen molar-refractivity contribution < 1.29 is 19.0 Å². The predicted octanol–water partition coefficient (Wildman–Crippen LogP) is 5.21. The zero-order valence-electron chi connectivity index (χ0n) is 20.1. The molecule has 0 unspecified atom stereocenters. The molecule has 184 valence electrons. The van der Waals surface area contributed by atoms with Gasteiger partial charge in [-0.25, -0.2) is 0 Å². The Bertz CT molecular complexity index is 1370. The molecule has 0 atom stereocenters. The number of aryl methyl sites for hydroxylation is 1. The van der Waals surface area contributed by atoms with Crippen molar-refractivity contribution in [2.45, 2.75) is 25.7 Å². The Morgan fingerprint density at radius 3 is 2.81 bits per heavy atom. The third-order valence-electron chi connectivity index (χ3n) is 7.23. The number of hydrogen-bond acceptors (Lipinski definition) is 5. The van der Waals surface area contributed by atoms with Gasteiger partial charge >= 0.3 is 0 Å². The number of rotatable bonds is 7. The molecule has 1 fully saturated rings. The van der Waals surface area contributed by atoms with Crippen molar-refractivity contribution in [1.82, 2.24) is 15.1 Å². The van der Waals surface area contributed by atoms with Crippen molar-refractivity contribution in [2.24, 2.45) is 5.92 Å². The third kappa shape index (κ3) is 4.73. The van der Waals surface area contributed by atoms with Crippen LogP contribution in [0.4, 0.5) is 0 Å². The Balaban J connectivity index is 1.01. The van der Waals surface area contributed by atoms with Crippen LogP contribution in [0, 0.1) is 5.92 Å². The van der Waals surface area contributed by atoms with E-state index in [0.29, 0.717) is 18.5 Å². The molecule has 1 saturated heterocycles. The number of fused-ring (bicyclic) bond motifs is 2. The lowest BCUT2D eigenvalue weighted by atomic mass is 9.90. The monoisotopic (exact) mass is 483 g/mol. The van der Waals surface area contributed by atoms with E-state index in [2.05, 4.69) is 28.4 Å². The first kappa shape index (κ1) is 22.5. The van der Waals surface area contributed by atoms with Crippen LogP contribution in [-0.2, 0) is 11.2 Å². The van der Waals surface area contributed by atoms with E-state index in [1.54, 1.807) is 0 Å². The van der Waals surface area contributed by atoms with Gasteiger partial charge in [0, 0.05) is 24.0 Å². The average Bonchev–Trinajstić information content (AvgIpc) is 3.59. The van der Waals surface area contributed by atoms with E-state index in [1.807, 2.05) is 53.6 Å². The van der Waals surface area contributed by atoms with Gasteiger partial charge < -0.3 is 19.1 Å². The molecule has 2 aliphatic heterocycles. The number of nitrogens with one attached hydrogen (secondary N) is 1. The number of amides is 1. The van der Waals surface area contributed by atoms with Crippen LogP contribution in [0.5, 0.6) is 17.2 Å². The highest BCUT2D eigenvalue weighted by Crippen LogP contribution is 2.34. The summed E-state index contributed by atoms with van der Waals surface area (Å²) in [5.41, 5.74) is 4.27. The second-order valence-corrected chi connectivity index (χ2v) is 9.51. The molecule has 4 aromatic rings. The summed E-state index contributed by atoms with van der Waals surface area (Å²) in [6.07, 6.45) is 5.99. The molecule has 0 saturated carbocycles. The Kier molecular flexibility index (Phi) is 6.20. The van der Waals surface area contributed by atoms with Crippen molar-refractivity contribution >= 4 is 16.8 Å². The minimum atomic E-state index is 0.0457. The van der Waals surface area contributed by atoms with Crippen LogP contribution < -0.4 is 14.2 Å². The molecular weight excluding hydrogens is 454 g/mol. The van der Waals surface area contributed by atoms with E-state index in [-0.39, 0.29) is 12.5 Å². The minimum absolute atomic E-state index is 0.0457. The smallest absolute Gasteiger partial charge is 0.260 e. The maximum absolute atomic E-state index is 12.9. The number of likely N-dealkylation sites (tertiary alicyclic amines) is 1. The van der Waals surface area contributed by atoms with Gasteiger partial charge in [-0.1, -0.05) is 30.3 Å². The zero-order chi connectivity index (χ0) is 24.3. The van der Waals surface area contributed by atoms with Crippen molar-refractivity contribution in [2.75, 3.05) is 26.5 Å². The predicted molar refractivity (Wildman–Crippen MR) is 137 cm³/mol. The standard InChI is InChI=1S/C29H29N3O4/c33-29(18-34-26-4-2-1-3-24(26)22-8-9-25-23(16-22)17-30-31-25)32-13-11-20(12-14-32)5-6-21-7-10-27-28(15-21)36-19-35-27/h1-4,7-10,15-17,20H,5-6,11-14,18-19H2,(H,30,31). The van der Waals surface area contributed by atoms with Gasteiger partial charge in [-0.05, 0) is 73.1 Å². The number of carbonyl (C=O) groups excluding carboxylic acids is 1. The van der Waals surface area contributed by atoms with Gasteiger partial charge in [0.15, 0.2) is 18.1 Å². The van der Waals surface area contributed by atoms with E-state index in [1.165, 1.54) is 5.56 Å². The van der Waals surface area contributed by atoms with Gasteiger partial charge in [0.1, 0.15) is 5.75 Å². The molecule has 3 heterocycles. The molecule has 2 aliphatic rings. The molecule has 0 bridgehead atoms. The molecule has 0 spiro atoms. The summed E-state index contributed by atoms with van der Waals surface area (Å²) in [4.78, 5) is 14.9. The van der Waals surface area contributed by atoms with Crippen LogP contribution in [0.25, 0.3) is 22.0 Å². The molecule has 1 aromatic heterocycles. The number of H-pyrrole nitrogens is 1.